The number of esters is 2. The van der Waals surface area contributed by atoms with E-state index < -0.39 is 23.8 Å². The third-order valence-corrected chi connectivity index (χ3v) is 5.84. The van der Waals surface area contributed by atoms with E-state index in [0.717, 1.165) is 5.70 Å². The van der Waals surface area contributed by atoms with E-state index in [9.17, 15) is 14.4 Å². The van der Waals surface area contributed by atoms with Gasteiger partial charge >= 0.3 is 11.9 Å². The number of ketones is 1. The number of hydrogen-bond acceptors (Lipinski definition) is 7. The summed E-state index contributed by atoms with van der Waals surface area (Å²) in [5.41, 5.74) is 2.77. The Balaban J connectivity index is 2.23. The molecule has 7 nitrogen and oxygen atoms in total. The highest BCUT2D eigenvalue weighted by atomic mass is 16.5. The second-order valence-corrected chi connectivity index (χ2v) is 8.46. The summed E-state index contributed by atoms with van der Waals surface area (Å²) in [6, 6.07) is 7.35. The van der Waals surface area contributed by atoms with Gasteiger partial charge in [-0.3, -0.25) is 9.59 Å². The molecule has 7 heteroatoms. The van der Waals surface area contributed by atoms with E-state index in [2.05, 4.69) is 5.32 Å². The Kier molecular flexibility index (Phi) is 7.06. The Morgan fingerprint density at radius 3 is 2.53 bits per heavy atom. The lowest BCUT2D eigenvalue weighted by Crippen LogP contribution is -2.43. The van der Waals surface area contributed by atoms with Crippen LogP contribution in [0.25, 0.3) is 0 Å². The molecule has 0 amide bonds. The number of ether oxygens (including phenoxy) is 3. The highest BCUT2D eigenvalue weighted by Gasteiger charge is 2.47. The summed E-state index contributed by atoms with van der Waals surface area (Å²) in [5.74, 6) is -2.71. The van der Waals surface area contributed by atoms with E-state index >= 15 is 0 Å². The summed E-state index contributed by atoms with van der Waals surface area (Å²) in [4.78, 5) is 39.4. The molecule has 0 aromatic heterocycles. The van der Waals surface area contributed by atoms with Gasteiger partial charge in [0.2, 0.25) is 0 Å². The minimum atomic E-state index is -0.928. The molecule has 0 saturated carbocycles. The molecule has 1 aliphatic carbocycles. The molecule has 0 fully saturated rings. The zero-order chi connectivity index (χ0) is 23.6. The van der Waals surface area contributed by atoms with Crippen molar-refractivity contribution in [2.24, 2.45) is 11.8 Å². The summed E-state index contributed by atoms with van der Waals surface area (Å²) >= 11 is 0. The molecule has 0 bridgehead atoms. The number of benzene rings is 1. The van der Waals surface area contributed by atoms with Gasteiger partial charge in [-0.2, -0.15) is 0 Å². The molecular weight excluding hydrogens is 410 g/mol. The fourth-order valence-corrected chi connectivity index (χ4v) is 4.55. The van der Waals surface area contributed by atoms with Crippen LogP contribution in [0.1, 0.15) is 52.5 Å². The number of Topliss-reactive ketones (excluding diaryl/α,β-unsaturated/α-hetero) is 1. The maximum Gasteiger partial charge on any atom is 0.337 e. The highest BCUT2D eigenvalue weighted by Crippen LogP contribution is 2.47. The van der Waals surface area contributed by atoms with E-state index in [1.54, 1.807) is 20.8 Å². The number of nitrogens with one attached hydrogen (secondary N) is 1. The number of rotatable bonds is 6. The van der Waals surface area contributed by atoms with Crippen molar-refractivity contribution >= 4 is 17.7 Å². The second-order valence-electron chi connectivity index (χ2n) is 8.46. The molecule has 1 aliphatic heterocycles. The predicted octanol–water partition coefficient (Wildman–Crippen LogP) is 3.65. The largest absolute Gasteiger partial charge is 0.494 e. The number of hydrogen-bond donors (Lipinski definition) is 1. The smallest absolute Gasteiger partial charge is 0.337 e. The number of para-hydroxylation sites is 1. The van der Waals surface area contributed by atoms with Crippen LogP contribution in [0, 0.1) is 11.8 Å². The van der Waals surface area contributed by atoms with Crippen molar-refractivity contribution in [1.82, 2.24) is 5.32 Å². The third-order valence-electron chi connectivity index (χ3n) is 5.84. The van der Waals surface area contributed by atoms with Gasteiger partial charge in [0.05, 0.1) is 31.3 Å². The van der Waals surface area contributed by atoms with Gasteiger partial charge in [0, 0.05) is 22.5 Å². The topological polar surface area (TPSA) is 90.9 Å². The summed E-state index contributed by atoms with van der Waals surface area (Å²) < 4.78 is 16.3. The maximum atomic E-state index is 13.7. The third kappa shape index (κ3) is 4.29. The Bertz CT molecular complexity index is 990. The number of methoxy groups -OCH3 is 1. The van der Waals surface area contributed by atoms with E-state index in [1.165, 1.54) is 7.11 Å². The molecule has 1 N–H and O–H groups in total. The lowest BCUT2D eigenvalue weighted by molar-refractivity contribution is -0.151. The van der Waals surface area contributed by atoms with Crippen LogP contribution in [-0.4, -0.2) is 37.5 Å². The first-order valence-electron chi connectivity index (χ1n) is 11.0. The van der Waals surface area contributed by atoms with Gasteiger partial charge < -0.3 is 19.5 Å². The molecule has 1 heterocycles. The van der Waals surface area contributed by atoms with Crippen LogP contribution < -0.4 is 10.1 Å². The van der Waals surface area contributed by atoms with Crippen molar-refractivity contribution in [3.63, 3.8) is 0 Å². The summed E-state index contributed by atoms with van der Waals surface area (Å²) in [7, 11) is 1.28. The van der Waals surface area contributed by atoms with Crippen molar-refractivity contribution in [3.05, 3.63) is 52.4 Å². The standard InChI is InChI=1S/C25H31NO6/c1-7-31-18-11-9-8-10-16(18)21-20(25(29)32-13(2)3)15(5)26-17-12-14(4)19(24(28)30-6)23(27)22(17)21/h8-11,13-14,19,21,26H,7,12H2,1-6H3/t14-,19-,21-/m1/s1. The SMILES string of the molecule is CCOc1ccccc1[C@@H]1C(C(=O)OC(C)C)=C(C)NC2=C1C(=O)[C@H](C(=O)OC)[C@H](C)C2. The summed E-state index contributed by atoms with van der Waals surface area (Å²) in [6.45, 7) is 9.52. The summed E-state index contributed by atoms with van der Waals surface area (Å²) in [6.07, 6.45) is 0.156. The highest BCUT2D eigenvalue weighted by molar-refractivity contribution is 6.12. The molecule has 1 aromatic carbocycles. The van der Waals surface area contributed by atoms with Crippen molar-refractivity contribution in [3.8, 4) is 5.75 Å². The van der Waals surface area contributed by atoms with E-state index in [1.807, 2.05) is 38.1 Å². The van der Waals surface area contributed by atoms with Crippen LogP contribution in [0.3, 0.4) is 0 Å². The van der Waals surface area contributed by atoms with Crippen molar-refractivity contribution in [1.29, 1.82) is 0 Å². The van der Waals surface area contributed by atoms with Gasteiger partial charge in [0.15, 0.2) is 5.78 Å². The Morgan fingerprint density at radius 1 is 1.22 bits per heavy atom. The van der Waals surface area contributed by atoms with E-state index in [4.69, 9.17) is 14.2 Å². The molecule has 172 valence electrons. The van der Waals surface area contributed by atoms with E-state index in [-0.39, 0.29) is 17.8 Å². The number of allylic oxidation sites excluding steroid dienone is 3. The normalized spacial score (nSPS) is 23.0. The molecule has 0 radical (unpaired) electrons. The predicted molar refractivity (Wildman–Crippen MR) is 119 cm³/mol. The average molecular weight is 442 g/mol. The second kappa shape index (κ2) is 9.59. The van der Waals surface area contributed by atoms with Crippen molar-refractivity contribution in [2.75, 3.05) is 13.7 Å². The Morgan fingerprint density at radius 2 is 1.91 bits per heavy atom. The number of carbonyl (C=O) groups excluding carboxylic acids is 3. The van der Waals surface area contributed by atoms with Crippen LogP contribution in [-0.2, 0) is 23.9 Å². The monoisotopic (exact) mass is 441 g/mol. The van der Waals surface area contributed by atoms with Gasteiger partial charge in [-0.15, -0.1) is 0 Å². The minimum absolute atomic E-state index is 0.235. The number of carbonyl (C=O) groups is 3. The van der Waals surface area contributed by atoms with Gasteiger partial charge in [0.25, 0.3) is 0 Å². The first kappa shape index (κ1) is 23.6. The zero-order valence-corrected chi connectivity index (χ0v) is 19.5. The lowest BCUT2D eigenvalue weighted by atomic mass is 9.69. The molecule has 2 aliphatic rings. The first-order valence-corrected chi connectivity index (χ1v) is 11.0. The quantitative estimate of drug-likeness (QED) is 0.532. The van der Waals surface area contributed by atoms with Crippen LogP contribution >= 0.6 is 0 Å². The molecule has 0 spiro atoms. The van der Waals surface area contributed by atoms with Gasteiger partial charge in [-0.25, -0.2) is 4.79 Å². The first-order chi connectivity index (χ1) is 15.2. The molecule has 3 atom stereocenters. The molecule has 0 saturated heterocycles. The van der Waals surface area contributed by atoms with Gasteiger partial charge in [0.1, 0.15) is 11.7 Å². The lowest BCUT2D eigenvalue weighted by Gasteiger charge is -2.38. The van der Waals surface area contributed by atoms with Gasteiger partial charge in [-0.1, -0.05) is 25.1 Å². The minimum Gasteiger partial charge on any atom is -0.494 e. The van der Waals surface area contributed by atoms with Crippen LogP contribution in [0.4, 0.5) is 0 Å². The average Bonchev–Trinajstić information content (AvgIpc) is 2.72. The fourth-order valence-electron chi connectivity index (χ4n) is 4.55. The Hall–Kier alpha value is -3.09. The van der Waals surface area contributed by atoms with Crippen LogP contribution in [0.5, 0.6) is 5.75 Å². The van der Waals surface area contributed by atoms with Crippen molar-refractivity contribution < 1.29 is 28.6 Å². The molecule has 3 rings (SSSR count). The molecule has 32 heavy (non-hydrogen) atoms. The summed E-state index contributed by atoms with van der Waals surface area (Å²) in [5, 5.41) is 3.26. The molecule has 0 unspecified atom stereocenters. The fraction of sp³-hybridized carbons (Fsp3) is 0.480. The zero-order valence-electron chi connectivity index (χ0n) is 19.5. The molecule has 1 aromatic rings. The van der Waals surface area contributed by atoms with Crippen LogP contribution in [0.15, 0.2) is 46.8 Å². The van der Waals surface area contributed by atoms with E-state index in [0.29, 0.717) is 41.2 Å². The number of dihydropyridines is 1. The van der Waals surface area contributed by atoms with Crippen LogP contribution in [0.2, 0.25) is 0 Å². The van der Waals surface area contributed by atoms with Gasteiger partial charge in [-0.05, 0) is 46.1 Å². The maximum absolute atomic E-state index is 13.7. The molecular formula is C25H31NO6. The van der Waals surface area contributed by atoms with Crippen molar-refractivity contribution in [2.45, 2.75) is 53.1 Å². The Labute approximate surface area is 188 Å².